The van der Waals surface area contributed by atoms with Gasteiger partial charge in [-0.25, -0.2) is 4.39 Å². The van der Waals surface area contributed by atoms with Gasteiger partial charge in [0.25, 0.3) is 0 Å². The van der Waals surface area contributed by atoms with Gasteiger partial charge in [-0.15, -0.1) is 0 Å². The fourth-order valence-electron chi connectivity index (χ4n) is 1.76. The van der Waals surface area contributed by atoms with Gasteiger partial charge in [-0.05, 0) is 55.0 Å². The lowest BCUT2D eigenvalue weighted by molar-refractivity contribution is -0.116. The molecule has 0 aliphatic rings. The third-order valence-electron chi connectivity index (χ3n) is 2.92. The van der Waals surface area contributed by atoms with Crippen LogP contribution in [0, 0.1) is 12.7 Å². The third-order valence-corrected chi connectivity index (χ3v) is 2.92. The smallest absolute Gasteiger partial charge is 0.227 e. The van der Waals surface area contributed by atoms with Gasteiger partial charge in [-0.3, -0.25) is 4.79 Å². The lowest BCUT2D eigenvalue weighted by Crippen LogP contribution is -2.15. The van der Waals surface area contributed by atoms with Crippen LogP contribution in [-0.4, -0.2) is 12.5 Å². The molecular formula is C16H17FN2O2. The first-order valence-corrected chi connectivity index (χ1v) is 6.59. The van der Waals surface area contributed by atoms with Crippen LogP contribution in [0.3, 0.4) is 0 Å². The van der Waals surface area contributed by atoms with Crippen LogP contribution in [0.5, 0.6) is 5.75 Å². The molecule has 0 aliphatic heterocycles. The molecule has 0 radical (unpaired) electrons. The van der Waals surface area contributed by atoms with Crippen LogP contribution in [0.25, 0.3) is 0 Å². The number of halogens is 1. The fraction of sp³-hybridized carbons (Fsp3) is 0.188. The molecule has 2 aromatic rings. The van der Waals surface area contributed by atoms with Crippen LogP contribution in [0.4, 0.5) is 15.8 Å². The lowest BCUT2D eigenvalue weighted by atomic mass is 10.2. The minimum Gasteiger partial charge on any atom is -0.493 e. The summed E-state index contributed by atoms with van der Waals surface area (Å²) >= 11 is 0. The second kappa shape index (κ2) is 6.74. The van der Waals surface area contributed by atoms with E-state index in [0.717, 1.165) is 0 Å². The van der Waals surface area contributed by atoms with Crippen molar-refractivity contribution in [3.8, 4) is 5.75 Å². The molecule has 0 fully saturated rings. The number of hydrogen-bond acceptors (Lipinski definition) is 3. The molecule has 0 unspecified atom stereocenters. The lowest BCUT2D eigenvalue weighted by Gasteiger charge is -2.08. The molecule has 110 valence electrons. The SMILES string of the molecule is Cc1cc(OCCC(=O)Nc2ccc(N)cc2)ccc1F. The number of carbonyl (C=O) groups excluding carboxylic acids is 1. The summed E-state index contributed by atoms with van der Waals surface area (Å²) in [6, 6.07) is 11.4. The molecule has 0 bridgehead atoms. The summed E-state index contributed by atoms with van der Waals surface area (Å²) in [6.45, 7) is 1.89. The fourth-order valence-corrected chi connectivity index (χ4v) is 1.76. The van der Waals surface area contributed by atoms with Crippen molar-refractivity contribution >= 4 is 17.3 Å². The number of ether oxygens (including phenoxy) is 1. The highest BCUT2D eigenvalue weighted by molar-refractivity contribution is 5.90. The van der Waals surface area contributed by atoms with E-state index in [2.05, 4.69) is 5.32 Å². The monoisotopic (exact) mass is 288 g/mol. The maximum absolute atomic E-state index is 13.1. The Bertz CT molecular complexity index is 627. The number of carbonyl (C=O) groups is 1. The van der Waals surface area contributed by atoms with Crippen LogP contribution in [0.15, 0.2) is 42.5 Å². The molecule has 0 spiro atoms. The number of rotatable bonds is 5. The Morgan fingerprint density at radius 2 is 1.95 bits per heavy atom. The van der Waals surface area contributed by atoms with Gasteiger partial charge in [-0.1, -0.05) is 0 Å². The standard InChI is InChI=1S/C16H17FN2O2/c1-11-10-14(6-7-15(11)17)21-9-8-16(20)19-13-4-2-12(18)3-5-13/h2-7,10H,8-9,18H2,1H3,(H,19,20). The molecule has 5 heteroatoms. The Kier molecular flexibility index (Phi) is 4.77. The minimum atomic E-state index is -0.275. The van der Waals surface area contributed by atoms with Crippen LogP contribution in [0.1, 0.15) is 12.0 Å². The highest BCUT2D eigenvalue weighted by atomic mass is 19.1. The van der Waals surface area contributed by atoms with Crippen molar-refractivity contribution in [2.24, 2.45) is 0 Å². The average molecular weight is 288 g/mol. The van der Waals surface area contributed by atoms with Crippen LogP contribution < -0.4 is 15.8 Å². The van der Waals surface area contributed by atoms with E-state index < -0.39 is 0 Å². The number of anilines is 2. The summed E-state index contributed by atoms with van der Waals surface area (Å²) in [7, 11) is 0. The molecular weight excluding hydrogens is 271 g/mol. The first-order valence-electron chi connectivity index (χ1n) is 6.59. The quantitative estimate of drug-likeness (QED) is 0.831. The number of hydrogen-bond donors (Lipinski definition) is 2. The van der Waals surface area contributed by atoms with Crippen LogP contribution in [0.2, 0.25) is 0 Å². The second-order valence-corrected chi connectivity index (χ2v) is 4.68. The van der Waals surface area contributed by atoms with Crippen molar-refractivity contribution in [1.29, 1.82) is 0 Å². The van der Waals surface area contributed by atoms with Gasteiger partial charge in [0.15, 0.2) is 0 Å². The summed E-state index contributed by atoms with van der Waals surface area (Å²) in [5, 5.41) is 2.74. The zero-order valence-electron chi connectivity index (χ0n) is 11.7. The first kappa shape index (κ1) is 14.8. The Balaban J connectivity index is 1.78. The van der Waals surface area contributed by atoms with Gasteiger partial charge < -0.3 is 15.8 Å². The average Bonchev–Trinajstić information content (AvgIpc) is 2.45. The van der Waals surface area contributed by atoms with E-state index in [1.54, 1.807) is 43.3 Å². The maximum atomic E-state index is 13.1. The van der Waals surface area contributed by atoms with Crippen molar-refractivity contribution in [1.82, 2.24) is 0 Å². The number of nitrogen functional groups attached to an aromatic ring is 1. The molecule has 1 amide bonds. The Labute approximate surface area is 122 Å². The molecule has 0 saturated heterocycles. The zero-order valence-corrected chi connectivity index (χ0v) is 11.7. The minimum absolute atomic E-state index is 0.154. The number of nitrogens with two attached hydrogens (primary N) is 1. The summed E-state index contributed by atoms with van der Waals surface area (Å²) in [5.74, 6) is 0.122. The summed E-state index contributed by atoms with van der Waals surface area (Å²) in [6.07, 6.45) is 0.209. The topological polar surface area (TPSA) is 64.3 Å². The predicted molar refractivity (Wildman–Crippen MR) is 80.7 cm³/mol. The molecule has 3 N–H and O–H groups in total. The van der Waals surface area contributed by atoms with Gasteiger partial charge in [0.05, 0.1) is 13.0 Å². The zero-order chi connectivity index (χ0) is 15.2. The van der Waals surface area contributed by atoms with Crippen LogP contribution in [-0.2, 0) is 4.79 Å². The molecule has 4 nitrogen and oxygen atoms in total. The molecule has 21 heavy (non-hydrogen) atoms. The van der Waals surface area contributed by atoms with Gasteiger partial charge in [-0.2, -0.15) is 0 Å². The van der Waals surface area contributed by atoms with E-state index in [1.165, 1.54) is 6.07 Å². The molecule has 0 atom stereocenters. The summed E-state index contributed by atoms with van der Waals surface area (Å²) in [5.41, 5.74) is 7.41. The van der Waals surface area contributed by atoms with Gasteiger partial charge >= 0.3 is 0 Å². The van der Waals surface area contributed by atoms with Crippen molar-refractivity contribution in [3.63, 3.8) is 0 Å². The molecule has 2 aromatic carbocycles. The van der Waals surface area contributed by atoms with Gasteiger partial charge in [0.1, 0.15) is 11.6 Å². The van der Waals surface area contributed by atoms with Gasteiger partial charge in [0, 0.05) is 11.4 Å². The first-order chi connectivity index (χ1) is 10.0. The largest absolute Gasteiger partial charge is 0.493 e. The van der Waals surface area contributed by atoms with E-state index in [9.17, 15) is 9.18 Å². The number of benzene rings is 2. The normalized spacial score (nSPS) is 10.2. The van der Waals surface area contributed by atoms with Crippen molar-refractivity contribution in [3.05, 3.63) is 53.8 Å². The van der Waals surface area contributed by atoms with Gasteiger partial charge in [0.2, 0.25) is 5.91 Å². The number of amides is 1. The Morgan fingerprint density at radius 3 is 2.62 bits per heavy atom. The second-order valence-electron chi connectivity index (χ2n) is 4.68. The number of aryl methyl sites for hydroxylation is 1. The van der Waals surface area contributed by atoms with Crippen molar-refractivity contribution < 1.29 is 13.9 Å². The Morgan fingerprint density at radius 1 is 1.24 bits per heavy atom. The van der Waals surface area contributed by atoms with E-state index in [4.69, 9.17) is 10.5 Å². The highest BCUT2D eigenvalue weighted by Gasteiger charge is 2.04. The maximum Gasteiger partial charge on any atom is 0.227 e. The van der Waals surface area contributed by atoms with E-state index >= 15 is 0 Å². The summed E-state index contributed by atoms with van der Waals surface area (Å²) < 4.78 is 18.5. The van der Waals surface area contributed by atoms with Crippen LogP contribution >= 0.6 is 0 Å². The molecule has 0 aromatic heterocycles. The summed E-state index contributed by atoms with van der Waals surface area (Å²) in [4.78, 5) is 11.7. The molecule has 0 aliphatic carbocycles. The molecule has 2 rings (SSSR count). The molecule has 0 heterocycles. The van der Waals surface area contributed by atoms with Crippen molar-refractivity contribution in [2.45, 2.75) is 13.3 Å². The highest BCUT2D eigenvalue weighted by Crippen LogP contribution is 2.16. The van der Waals surface area contributed by atoms with E-state index in [0.29, 0.717) is 22.7 Å². The van der Waals surface area contributed by atoms with E-state index in [1.807, 2.05) is 0 Å². The molecule has 0 saturated carbocycles. The Hall–Kier alpha value is -2.56. The van der Waals surface area contributed by atoms with Crippen molar-refractivity contribution in [2.75, 3.05) is 17.7 Å². The predicted octanol–water partition coefficient (Wildman–Crippen LogP) is 3.12. The third kappa shape index (κ3) is 4.49. The van der Waals surface area contributed by atoms with E-state index in [-0.39, 0.29) is 24.8 Å². The number of nitrogens with one attached hydrogen (secondary N) is 1.